The number of hydrogen-bond acceptors (Lipinski definition) is 4. The number of halogens is 1. The molecule has 100 valence electrons. The number of thiophene rings is 1. The first-order chi connectivity index (χ1) is 9.00. The first-order valence-corrected chi connectivity index (χ1v) is 7.38. The smallest absolute Gasteiger partial charge is 0.293 e. The Kier molecular flexibility index (Phi) is 4.21. The Labute approximate surface area is 124 Å². The molecule has 0 fully saturated rings. The van der Waals surface area contributed by atoms with Crippen molar-refractivity contribution in [3.63, 3.8) is 0 Å². The van der Waals surface area contributed by atoms with Crippen LogP contribution in [-0.2, 0) is 0 Å². The molecular weight excluding hydrogens is 328 g/mol. The fraction of sp³-hybridized carbons (Fsp3) is 0.231. The zero-order valence-electron chi connectivity index (χ0n) is 10.5. The summed E-state index contributed by atoms with van der Waals surface area (Å²) in [6.45, 7) is 2.04. The van der Waals surface area contributed by atoms with E-state index in [1.807, 2.05) is 42.5 Å². The summed E-state index contributed by atoms with van der Waals surface area (Å²) >= 11 is 4.92. The van der Waals surface area contributed by atoms with Crippen molar-refractivity contribution < 1.29 is 4.92 Å². The van der Waals surface area contributed by atoms with Crippen LogP contribution in [0.1, 0.15) is 17.8 Å². The maximum atomic E-state index is 11.1. The van der Waals surface area contributed by atoms with Crippen molar-refractivity contribution >= 4 is 38.6 Å². The van der Waals surface area contributed by atoms with Crippen LogP contribution in [0.5, 0.6) is 0 Å². The van der Waals surface area contributed by atoms with Crippen LogP contribution in [-0.4, -0.2) is 12.0 Å². The van der Waals surface area contributed by atoms with Crippen molar-refractivity contribution in [3.8, 4) is 0 Å². The fourth-order valence-electron chi connectivity index (χ4n) is 1.87. The molecule has 0 spiro atoms. The van der Waals surface area contributed by atoms with Gasteiger partial charge < -0.3 is 4.90 Å². The quantitative estimate of drug-likeness (QED) is 0.602. The van der Waals surface area contributed by atoms with E-state index in [0.717, 1.165) is 0 Å². The largest absolute Gasteiger partial charge is 0.361 e. The van der Waals surface area contributed by atoms with Gasteiger partial charge in [0.25, 0.3) is 5.69 Å². The number of nitro benzene ring substituents is 1. The van der Waals surface area contributed by atoms with E-state index in [1.165, 1.54) is 10.9 Å². The van der Waals surface area contributed by atoms with Gasteiger partial charge in [0.05, 0.1) is 11.0 Å². The van der Waals surface area contributed by atoms with Crippen LogP contribution in [0.2, 0.25) is 0 Å². The minimum absolute atomic E-state index is 0.0971. The van der Waals surface area contributed by atoms with Crippen LogP contribution in [0.4, 0.5) is 11.4 Å². The molecule has 0 saturated heterocycles. The minimum atomic E-state index is -0.349. The van der Waals surface area contributed by atoms with E-state index in [4.69, 9.17) is 0 Å². The number of rotatable bonds is 4. The highest BCUT2D eigenvalue weighted by Crippen LogP contribution is 2.35. The van der Waals surface area contributed by atoms with Gasteiger partial charge in [0.1, 0.15) is 5.69 Å². The molecule has 0 aliphatic rings. The van der Waals surface area contributed by atoms with Crippen molar-refractivity contribution in [1.29, 1.82) is 0 Å². The lowest BCUT2D eigenvalue weighted by atomic mass is 10.2. The van der Waals surface area contributed by atoms with Crippen LogP contribution < -0.4 is 4.90 Å². The SMILES string of the molecule is CC(c1cccs1)N(C)c1ccc(Br)cc1[N+](=O)[O-]. The summed E-state index contributed by atoms with van der Waals surface area (Å²) in [7, 11) is 1.88. The summed E-state index contributed by atoms with van der Waals surface area (Å²) < 4.78 is 0.708. The second-order valence-corrected chi connectivity index (χ2v) is 6.09. The van der Waals surface area contributed by atoms with Gasteiger partial charge in [-0.15, -0.1) is 11.3 Å². The van der Waals surface area contributed by atoms with Crippen LogP contribution in [0.3, 0.4) is 0 Å². The van der Waals surface area contributed by atoms with E-state index in [1.54, 1.807) is 17.4 Å². The predicted molar refractivity (Wildman–Crippen MR) is 81.9 cm³/mol. The second kappa shape index (κ2) is 5.71. The molecule has 1 heterocycles. The molecule has 0 bridgehead atoms. The lowest BCUT2D eigenvalue weighted by molar-refractivity contribution is -0.384. The molecule has 0 radical (unpaired) electrons. The number of nitrogens with zero attached hydrogens (tertiary/aromatic N) is 2. The maximum absolute atomic E-state index is 11.1. The van der Waals surface area contributed by atoms with Gasteiger partial charge in [-0.25, -0.2) is 0 Å². The average molecular weight is 341 g/mol. The number of benzene rings is 1. The standard InChI is InChI=1S/C13H13BrN2O2S/c1-9(13-4-3-7-19-13)15(2)11-6-5-10(14)8-12(11)16(17)18/h3-9H,1-2H3. The summed E-state index contributed by atoms with van der Waals surface area (Å²) in [5, 5.41) is 13.2. The highest BCUT2D eigenvalue weighted by molar-refractivity contribution is 9.10. The van der Waals surface area contributed by atoms with E-state index in [0.29, 0.717) is 10.2 Å². The lowest BCUT2D eigenvalue weighted by Gasteiger charge is -2.26. The molecule has 0 aliphatic carbocycles. The van der Waals surface area contributed by atoms with E-state index in [9.17, 15) is 10.1 Å². The fourth-order valence-corrected chi connectivity index (χ4v) is 3.05. The zero-order chi connectivity index (χ0) is 14.0. The highest BCUT2D eigenvalue weighted by Gasteiger charge is 2.22. The van der Waals surface area contributed by atoms with Gasteiger partial charge in [-0.1, -0.05) is 22.0 Å². The molecule has 1 atom stereocenters. The number of anilines is 1. The maximum Gasteiger partial charge on any atom is 0.293 e. The molecule has 4 nitrogen and oxygen atoms in total. The van der Waals surface area contributed by atoms with Crippen molar-refractivity contribution in [1.82, 2.24) is 0 Å². The Bertz CT molecular complexity index is 586. The van der Waals surface area contributed by atoms with E-state index in [-0.39, 0.29) is 16.7 Å². The second-order valence-electron chi connectivity index (χ2n) is 4.19. The molecule has 19 heavy (non-hydrogen) atoms. The third-order valence-electron chi connectivity index (χ3n) is 3.05. The van der Waals surface area contributed by atoms with Crippen molar-refractivity contribution in [2.24, 2.45) is 0 Å². The van der Waals surface area contributed by atoms with E-state index >= 15 is 0 Å². The van der Waals surface area contributed by atoms with Crippen LogP contribution in [0.25, 0.3) is 0 Å². The summed E-state index contributed by atoms with van der Waals surface area (Å²) in [4.78, 5) is 13.9. The van der Waals surface area contributed by atoms with Crippen LogP contribution in [0.15, 0.2) is 40.2 Å². The minimum Gasteiger partial charge on any atom is -0.361 e. The van der Waals surface area contributed by atoms with E-state index < -0.39 is 0 Å². The third kappa shape index (κ3) is 2.96. The zero-order valence-corrected chi connectivity index (χ0v) is 12.9. The van der Waals surface area contributed by atoms with Gasteiger partial charge >= 0.3 is 0 Å². The summed E-state index contributed by atoms with van der Waals surface area (Å²) in [6, 6.07) is 9.25. The molecule has 0 amide bonds. The molecule has 1 aromatic carbocycles. The van der Waals surface area contributed by atoms with Gasteiger partial charge in [0.2, 0.25) is 0 Å². The molecule has 0 aliphatic heterocycles. The molecular formula is C13H13BrN2O2S. The highest BCUT2D eigenvalue weighted by atomic mass is 79.9. The number of hydrogen-bond donors (Lipinski definition) is 0. The lowest BCUT2D eigenvalue weighted by Crippen LogP contribution is -2.21. The first kappa shape index (κ1) is 14.0. The Morgan fingerprint density at radius 3 is 2.74 bits per heavy atom. The predicted octanol–water partition coefficient (Wildman–Crippen LogP) is 4.62. The Balaban J connectivity index is 2.38. The van der Waals surface area contributed by atoms with Crippen LogP contribution in [0, 0.1) is 10.1 Å². The van der Waals surface area contributed by atoms with Crippen molar-refractivity contribution in [3.05, 3.63) is 55.2 Å². The molecule has 1 unspecified atom stereocenters. The van der Waals surface area contributed by atoms with Gasteiger partial charge in [-0.3, -0.25) is 10.1 Å². The van der Waals surface area contributed by atoms with Gasteiger partial charge in [0, 0.05) is 22.5 Å². The normalized spacial score (nSPS) is 12.2. The summed E-state index contributed by atoms with van der Waals surface area (Å²) in [6.07, 6.45) is 0. The molecule has 2 aromatic rings. The molecule has 2 rings (SSSR count). The van der Waals surface area contributed by atoms with Gasteiger partial charge in [-0.05, 0) is 30.5 Å². The van der Waals surface area contributed by atoms with Gasteiger partial charge in [0.15, 0.2) is 0 Å². The molecule has 1 aromatic heterocycles. The summed E-state index contributed by atoms with van der Waals surface area (Å²) in [5.74, 6) is 0. The van der Waals surface area contributed by atoms with Crippen molar-refractivity contribution in [2.75, 3.05) is 11.9 Å². The monoisotopic (exact) mass is 340 g/mol. The molecule has 6 heteroatoms. The van der Waals surface area contributed by atoms with E-state index in [2.05, 4.69) is 15.9 Å². The molecule has 0 saturated carbocycles. The number of nitro groups is 1. The van der Waals surface area contributed by atoms with Crippen molar-refractivity contribution in [2.45, 2.75) is 13.0 Å². The van der Waals surface area contributed by atoms with Gasteiger partial charge in [-0.2, -0.15) is 0 Å². The Morgan fingerprint density at radius 1 is 1.42 bits per heavy atom. The third-order valence-corrected chi connectivity index (χ3v) is 4.59. The Morgan fingerprint density at radius 2 is 2.16 bits per heavy atom. The summed E-state index contributed by atoms with van der Waals surface area (Å²) in [5.41, 5.74) is 0.731. The van der Waals surface area contributed by atoms with Crippen LogP contribution >= 0.6 is 27.3 Å². The molecule has 0 N–H and O–H groups in total. The first-order valence-electron chi connectivity index (χ1n) is 5.71. The average Bonchev–Trinajstić information content (AvgIpc) is 2.90. The topological polar surface area (TPSA) is 46.4 Å². The Hall–Kier alpha value is -1.40.